The summed E-state index contributed by atoms with van der Waals surface area (Å²) >= 11 is 0. The van der Waals surface area contributed by atoms with Gasteiger partial charge in [-0.25, -0.2) is 14.6 Å². The van der Waals surface area contributed by atoms with Crippen molar-refractivity contribution in [1.29, 1.82) is 0 Å². The van der Waals surface area contributed by atoms with Crippen molar-refractivity contribution in [1.82, 2.24) is 20.6 Å². The summed E-state index contributed by atoms with van der Waals surface area (Å²) in [5.41, 5.74) is 0.185. The number of hydrogen-bond donors (Lipinski definition) is 4. The van der Waals surface area contributed by atoms with E-state index in [0.717, 1.165) is 5.69 Å². The number of nitrogens with zero attached hydrogens (tertiary/aromatic N) is 1. The van der Waals surface area contributed by atoms with Gasteiger partial charge in [-0.3, -0.25) is 0 Å². The molecule has 2 amide bonds. The number of imidazole rings is 1. The molecule has 0 radical (unpaired) electrons. The molecule has 1 rings (SSSR count). The van der Waals surface area contributed by atoms with Gasteiger partial charge < -0.3 is 20.7 Å². The molecule has 7 nitrogen and oxygen atoms in total. The van der Waals surface area contributed by atoms with Crippen molar-refractivity contribution >= 4 is 12.0 Å². The maximum absolute atomic E-state index is 11.6. The van der Waals surface area contributed by atoms with E-state index in [-0.39, 0.29) is 6.54 Å². The number of carboxylic acid groups (broad SMARTS) is 1. The highest BCUT2D eigenvalue weighted by Crippen LogP contribution is 2.19. The van der Waals surface area contributed by atoms with Crippen molar-refractivity contribution in [2.75, 3.05) is 0 Å². The summed E-state index contributed by atoms with van der Waals surface area (Å²) in [6, 6.07) is -1.47. The van der Waals surface area contributed by atoms with Crippen molar-refractivity contribution in [2.45, 2.75) is 33.4 Å². The van der Waals surface area contributed by atoms with Crippen molar-refractivity contribution in [3.05, 3.63) is 18.2 Å². The maximum Gasteiger partial charge on any atom is 0.326 e. The highest BCUT2D eigenvalue weighted by Gasteiger charge is 2.32. The van der Waals surface area contributed by atoms with E-state index in [1.54, 1.807) is 27.0 Å². The molecule has 0 aromatic carbocycles. The predicted octanol–water partition coefficient (Wildman–Crippen LogP) is 0.708. The fourth-order valence-corrected chi connectivity index (χ4v) is 1.39. The SMILES string of the molecule is CC(C)(C)C(NC(=O)NCc1cnc[nH]1)C(=O)O. The van der Waals surface area contributed by atoms with Crippen molar-refractivity contribution in [2.24, 2.45) is 5.41 Å². The van der Waals surface area contributed by atoms with Gasteiger partial charge in [0.05, 0.1) is 18.6 Å². The molecule has 0 saturated carbocycles. The Kier molecular flexibility index (Phi) is 4.30. The van der Waals surface area contributed by atoms with Gasteiger partial charge in [0, 0.05) is 6.20 Å². The largest absolute Gasteiger partial charge is 0.480 e. The zero-order valence-corrected chi connectivity index (χ0v) is 10.7. The number of carbonyl (C=O) groups excluding carboxylic acids is 1. The lowest BCUT2D eigenvalue weighted by Crippen LogP contribution is -2.52. The third-order valence-electron chi connectivity index (χ3n) is 2.38. The van der Waals surface area contributed by atoms with Crippen LogP contribution in [-0.2, 0) is 11.3 Å². The highest BCUT2D eigenvalue weighted by molar-refractivity contribution is 5.83. The average molecular weight is 254 g/mol. The van der Waals surface area contributed by atoms with Crippen LogP contribution in [0, 0.1) is 5.41 Å². The number of aromatic nitrogens is 2. The number of amides is 2. The Hall–Kier alpha value is -2.05. The monoisotopic (exact) mass is 254 g/mol. The number of urea groups is 1. The molecule has 0 fully saturated rings. The van der Waals surface area contributed by atoms with Gasteiger partial charge in [-0.05, 0) is 5.41 Å². The molecule has 0 aliphatic carbocycles. The molecule has 4 N–H and O–H groups in total. The summed E-state index contributed by atoms with van der Waals surface area (Å²) in [4.78, 5) is 29.3. The first-order valence-corrected chi connectivity index (χ1v) is 5.55. The molecule has 100 valence electrons. The molecular formula is C11H18N4O3. The second-order valence-corrected chi connectivity index (χ2v) is 5.04. The molecule has 0 saturated heterocycles. The number of rotatable bonds is 4. The lowest BCUT2D eigenvalue weighted by atomic mass is 9.87. The number of aromatic amines is 1. The number of nitrogens with one attached hydrogen (secondary N) is 3. The van der Waals surface area contributed by atoms with Crippen molar-refractivity contribution < 1.29 is 14.7 Å². The van der Waals surface area contributed by atoms with Crippen molar-refractivity contribution in [3.63, 3.8) is 0 Å². The van der Waals surface area contributed by atoms with E-state index < -0.39 is 23.5 Å². The van der Waals surface area contributed by atoms with Crippen LogP contribution >= 0.6 is 0 Å². The lowest BCUT2D eigenvalue weighted by Gasteiger charge is -2.27. The topological polar surface area (TPSA) is 107 Å². The number of carboxylic acids is 1. The van der Waals surface area contributed by atoms with Gasteiger partial charge >= 0.3 is 12.0 Å². The quantitative estimate of drug-likeness (QED) is 0.634. The van der Waals surface area contributed by atoms with E-state index in [0.29, 0.717) is 0 Å². The minimum Gasteiger partial charge on any atom is -0.480 e. The molecule has 1 aromatic rings. The zero-order valence-electron chi connectivity index (χ0n) is 10.7. The van der Waals surface area contributed by atoms with Crippen LogP contribution in [0.2, 0.25) is 0 Å². The van der Waals surface area contributed by atoms with E-state index in [2.05, 4.69) is 20.6 Å². The third kappa shape index (κ3) is 4.08. The van der Waals surface area contributed by atoms with Gasteiger partial charge in [0.1, 0.15) is 6.04 Å². The molecule has 1 heterocycles. The fraction of sp³-hybridized carbons (Fsp3) is 0.545. The Bertz CT molecular complexity index is 408. The summed E-state index contributed by atoms with van der Waals surface area (Å²) in [6.07, 6.45) is 3.09. The van der Waals surface area contributed by atoms with Crippen LogP contribution in [0.25, 0.3) is 0 Å². The van der Waals surface area contributed by atoms with E-state index in [1.165, 1.54) is 6.33 Å². The van der Waals surface area contributed by atoms with Crippen LogP contribution in [0.5, 0.6) is 0 Å². The number of hydrogen-bond acceptors (Lipinski definition) is 3. The Labute approximate surface area is 105 Å². The van der Waals surface area contributed by atoms with Gasteiger partial charge in [-0.15, -0.1) is 0 Å². The first-order valence-electron chi connectivity index (χ1n) is 5.55. The zero-order chi connectivity index (χ0) is 13.8. The molecule has 18 heavy (non-hydrogen) atoms. The molecule has 1 unspecified atom stereocenters. The molecule has 0 aliphatic heterocycles. The summed E-state index contributed by atoms with van der Waals surface area (Å²) in [5.74, 6) is -1.06. The van der Waals surface area contributed by atoms with Crippen LogP contribution in [-0.4, -0.2) is 33.1 Å². The second-order valence-electron chi connectivity index (χ2n) is 5.04. The highest BCUT2D eigenvalue weighted by atomic mass is 16.4. The first-order chi connectivity index (χ1) is 8.30. The summed E-state index contributed by atoms with van der Waals surface area (Å²) in [7, 11) is 0. The molecule has 7 heteroatoms. The van der Waals surface area contributed by atoms with E-state index in [9.17, 15) is 9.59 Å². The second kappa shape index (κ2) is 5.52. The van der Waals surface area contributed by atoms with Gasteiger partial charge in [0.15, 0.2) is 0 Å². The smallest absolute Gasteiger partial charge is 0.326 e. The first kappa shape index (κ1) is 14.0. The lowest BCUT2D eigenvalue weighted by molar-refractivity contribution is -0.141. The molecule has 0 spiro atoms. The van der Waals surface area contributed by atoms with Crippen LogP contribution in [0.15, 0.2) is 12.5 Å². The number of H-pyrrole nitrogens is 1. The Morgan fingerprint density at radius 3 is 2.61 bits per heavy atom. The summed E-state index contributed by atoms with van der Waals surface area (Å²) in [6.45, 7) is 5.52. The van der Waals surface area contributed by atoms with Crippen LogP contribution in [0.3, 0.4) is 0 Å². The fourth-order valence-electron chi connectivity index (χ4n) is 1.39. The number of aliphatic carboxylic acids is 1. The predicted molar refractivity (Wildman–Crippen MR) is 64.8 cm³/mol. The summed E-state index contributed by atoms with van der Waals surface area (Å²) in [5, 5.41) is 14.0. The average Bonchev–Trinajstić information content (AvgIpc) is 2.73. The molecule has 1 atom stereocenters. The van der Waals surface area contributed by atoms with Gasteiger partial charge in [-0.2, -0.15) is 0 Å². The van der Waals surface area contributed by atoms with Gasteiger partial charge in [-0.1, -0.05) is 20.8 Å². The minimum atomic E-state index is -1.06. The molecule has 1 aromatic heterocycles. The van der Waals surface area contributed by atoms with E-state index >= 15 is 0 Å². The van der Waals surface area contributed by atoms with Crippen LogP contribution < -0.4 is 10.6 Å². The van der Waals surface area contributed by atoms with Crippen LogP contribution in [0.1, 0.15) is 26.5 Å². The molecule has 0 aliphatic rings. The molecular weight excluding hydrogens is 236 g/mol. The Balaban J connectivity index is 2.49. The minimum absolute atomic E-state index is 0.266. The molecule has 0 bridgehead atoms. The normalized spacial score (nSPS) is 12.8. The van der Waals surface area contributed by atoms with Crippen LogP contribution in [0.4, 0.5) is 4.79 Å². The Morgan fingerprint density at radius 1 is 1.50 bits per heavy atom. The van der Waals surface area contributed by atoms with E-state index in [4.69, 9.17) is 5.11 Å². The maximum atomic E-state index is 11.6. The van der Waals surface area contributed by atoms with E-state index in [1.807, 2.05) is 0 Å². The number of carbonyl (C=O) groups is 2. The van der Waals surface area contributed by atoms with Gasteiger partial charge in [0.2, 0.25) is 0 Å². The Morgan fingerprint density at radius 2 is 2.17 bits per heavy atom. The van der Waals surface area contributed by atoms with Gasteiger partial charge in [0.25, 0.3) is 0 Å². The standard InChI is InChI=1S/C11H18N4O3/c1-11(2,3)8(9(16)17)15-10(18)13-5-7-4-12-6-14-7/h4,6,8H,5H2,1-3H3,(H,12,14)(H,16,17)(H2,13,15,18). The summed E-state index contributed by atoms with van der Waals surface area (Å²) < 4.78 is 0. The van der Waals surface area contributed by atoms with Crippen molar-refractivity contribution in [3.8, 4) is 0 Å². The third-order valence-corrected chi connectivity index (χ3v) is 2.38.